The van der Waals surface area contributed by atoms with Crippen molar-refractivity contribution in [2.75, 3.05) is 12.4 Å². The molecule has 98 valence electrons. The minimum absolute atomic E-state index is 0.0582. The van der Waals surface area contributed by atoms with Gasteiger partial charge in [-0.15, -0.1) is 0 Å². The molecule has 0 unspecified atom stereocenters. The number of anilines is 1. The van der Waals surface area contributed by atoms with E-state index in [1.165, 1.54) is 3.57 Å². The van der Waals surface area contributed by atoms with E-state index in [1.807, 2.05) is 36.4 Å². The molecule has 3 nitrogen and oxygen atoms in total. The zero-order valence-corrected chi connectivity index (χ0v) is 12.8. The summed E-state index contributed by atoms with van der Waals surface area (Å²) in [5.41, 5.74) is 2.95. The Morgan fingerprint density at radius 1 is 1.11 bits per heavy atom. The van der Waals surface area contributed by atoms with Crippen LogP contribution in [0.2, 0.25) is 0 Å². The summed E-state index contributed by atoms with van der Waals surface area (Å²) in [6.45, 7) is 0.744. The van der Waals surface area contributed by atoms with Crippen LogP contribution in [0.4, 0.5) is 5.69 Å². The van der Waals surface area contributed by atoms with Gasteiger partial charge in [-0.1, -0.05) is 24.3 Å². The molecule has 0 atom stereocenters. The van der Waals surface area contributed by atoms with Crippen LogP contribution in [0.5, 0.6) is 0 Å². The summed E-state index contributed by atoms with van der Waals surface area (Å²) in [7, 11) is 1.63. The summed E-state index contributed by atoms with van der Waals surface area (Å²) in [5, 5.41) is 5.99. The highest BCUT2D eigenvalue weighted by molar-refractivity contribution is 14.1. The van der Waals surface area contributed by atoms with Crippen molar-refractivity contribution in [1.82, 2.24) is 5.32 Å². The van der Waals surface area contributed by atoms with Crippen molar-refractivity contribution in [2.24, 2.45) is 0 Å². The van der Waals surface area contributed by atoms with Gasteiger partial charge in [0.05, 0.1) is 0 Å². The Morgan fingerprint density at radius 2 is 1.79 bits per heavy atom. The number of nitrogens with one attached hydrogen (secondary N) is 2. The topological polar surface area (TPSA) is 41.1 Å². The van der Waals surface area contributed by atoms with Gasteiger partial charge in [0, 0.05) is 28.4 Å². The fourth-order valence-corrected chi connectivity index (χ4v) is 2.30. The van der Waals surface area contributed by atoms with E-state index in [2.05, 4.69) is 45.4 Å². The Balaban J connectivity index is 2.01. The molecule has 0 fully saturated rings. The van der Waals surface area contributed by atoms with Crippen LogP contribution in [0, 0.1) is 3.57 Å². The maximum absolute atomic E-state index is 11.4. The van der Waals surface area contributed by atoms with Crippen molar-refractivity contribution in [3.63, 3.8) is 0 Å². The van der Waals surface area contributed by atoms with Gasteiger partial charge in [0.1, 0.15) is 0 Å². The molecule has 2 N–H and O–H groups in total. The Bertz CT molecular complexity index is 567. The minimum atomic E-state index is -0.0582. The lowest BCUT2D eigenvalue weighted by atomic mass is 10.1. The molecule has 2 rings (SSSR count). The molecule has 0 heterocycles. The number of hydrogen-bond donors (Lipinski definition) is 2. The molecule has 4 heteroatoms. The molecular formula is C15H15IN2O. The van der Waals surface area contributed by atoms with Gasteiger partial charge in [0.15, 0.2) is 0 Å². The summed E-state index contributed by atoms with van der Waals surface area (Å²) in [5.74, 6) is -0.0582. The number of halogens is 1. The Labute approximate surface area is 126 Å². The monoisotopic (exact) mass is 366 g/mol. The third-order valence-corrected chi connectivity index (χ3v) is 3.74. The van der Waals surface area contributed by atoms with E-state index in [1.54, 1.807) is 7.05 Å². The van der Waals surface area contributed by atoms with E-state index < -0.39 is 0 Å². The molecular weight excluding hydrogens is 351 g/mol. The Morgan fingerprint density at radius 3 is 2.42 bits per heavy atom. The first-order valence-corrected chi connectivity index (χ1v) is 7.08. The minimum Gasteiger partial charge on any atom is -0.380 e. The number of hydrogen-bond acceptors (Lipinski definition) is 2. The molecule has 0 radical (unpaired) electrons. The zero-order chi connectivity index (χ0) is 13.7. The highest BCUT2D eigenvalue weighted by Gasteiger charge is 2.02. The van der Waals surface area contributed by atoms with Gasteiger partial charge in [0.25, 0.3) is 5.91 Å². The second kappa shape index (κ2) is 6.56. The third-order valence-electron chi connectivity index (χ3n) is 2.80. The van der Waals surface area contributed by atoms with Gasteiger partial charge in [0.2, 0.25) is 0 Å². The largest absolute Gasteiger partial charge is 0.380 e. The lowest BCUT2D eigenvalue weighted by molar-refractivity contribution is 0.0963. The number of amides is 1. The van der Waals surface area contributed by atoms with E-state index in [0.29, 0.717) is 5.56 Å². The number of carbonyl (C=O) groups is 1. The molecule has 0 aliphatic carbocycles. The predicted octanol–water partition coefficient (Wildman–Crippen LogP) is 3.26. The molecule has 2 aromatic rings. The quantitative estimate of drug-likeness (QED) is 0.816. The van der Waals surface area contributed by atoms with Gasteiger partial charge in [-0.25, -0.2) is 0 Å². The van der Waals surface area contributed by atoms with E-state index in [4.69, 9.17) is 0 Å². The SMILES string of the molecule is CNC(=O)c1ccc(CNc2ccccc2I)cc1. The Hall–Kier alpha value is -1.56. The number of para-hydroxylation sites is 1. The fourth-order valence-electron chi connectivity index (χ4n) is 1.72. The third kappa shape index (κ3) is 3.70. The molecule has 0 aliphatic rings. The fraction of sp³-hybridized carbons (Fsp3) is 0.133. The maximum Gasteiger partial charge on any atom is 0.251 e. The van der Waals surface area contributed by atoms with Crippen molar-refractivity contribution in [2.45, 2.75) is 6.54 Å². The van der Waals surface area contributed by atoms with Crippen LogP contribution in [-0.2, 0) is 6.54 Å². The van der Waals surface area contributed by atoms with Crippen molar-refractivity contribution < 1.29 is 4.79 Å². The molecule has 19 heavy (non-hydrogen) atoms. The number of carbonyl (C=O) groups excluding carboxylic acids is 1. The molecule has 0 spiro atoms. The second-order valence-electron chi connectivity index (χ2n) is 4.11. The molecule has 0 aliphatic heterocycles. The first-order chi connectivity index (χ1) is 9.20. The maximum atomic E-state index is 11.4. The number of benzene rings is 2. The van der Waals surface area contributed by atoms with Crippen LogP contribution in [0.25, 0.3) is 0 Å². The summed E-state index contributed by atoms with van der Waals surface area (Å²) in [6.07, 6.45) is 0. The van der Waals surface area contributed by atoms with Crippen LogP contribution in [0.15, 0.2) is 48.5 Å². The normalized spacial score (nSPS) is 10.0. The smallest absolute Gasteiger partial charge is 0.251 e. The standard InChI is InChI=1S/C15H15IN2O/c1-17-15(19)12-8-6-11(7-9-12)10-18-14-5-3-2-4-13(14)16/h2-9,18H,10H2,1H3,(H,17,19). The van der Waals surface area contributed by atoms with Gasteiger partial charge >= 0.3 is 0 Å². The Kier molecular flexibility index (Phi) is 4.79. The average molecular weight is 366 g/mol. The summed E-state index contributed by atoms with van der Waals surface area (Å²) in [4.78, 5) is 11.4. The zero-order valence-electron chi connectivity index (χ0n) is 10.6. The summed E-state index contributed by atoms with van der Waals surface area (Å²) < 4.78 is 1.20. The van der Waals surface area contributed by atoms with Crippen LogP contribution < -0.4 is 10.6 Å². The molecule has 2 aromatic carbocycles. The highest BCUT2D eigenvalue weighted by atomic mass is 127. The molecule has 0 saturated heterocycles. The van der Waals surface area contributed by atoms with E-state index in [-0.39, 0.29) is 5.91 Å². The van der Waals surface area contributed by atoms with Crippen LogP contribution in [0.1, 0.15) is 15.9 Å². The summed E-state index contributed by atoms with van der Waals surface area (Å²) in [6, 6.07) is 15.8. The van der Waals surface area contributed by atoms with E-state index in [9.17, 15) is 4.79 Å². The van der Waals surface area contributed by atoms with Crippen molar-refractivity contribution in [1.29, 1.82) is 0 Å². The number of rotatable bonds is 4. The molecule has 0 bridgehead atoms. The average Bonchev–Trinajstić information content (AvgIpc) is 2.46. The van der Waals surface area contributed by atoms with Gasteiger partial charge in [-0.3, -0.25) is 4.79 Å². The molecule has 1 amide bonds. The van der Waals surface area contributed by atoms with Gasteiger partial charge in [-0.05, 0) is 52.4 Å². The first-order valence-electron chi connectivity index (χ1n) is 6.00. The van der Waals surface area contributed by atoms with Crippen molar-refractivity contribution in [3.05, 3.63) is 63.2 Å². The highest BCUT2D eigenvalue weighted by Crippen LogP contribution is 2.18. The van der Waals surface area contributed by atoms with Crippen LogP contribution >= 0.6 is 22.6 Å². The first kappa shape index (κ1) is 13.9. The van der Waals surface area contributed by atoms with Crippen molar-refractivity contribution in [3.8, 4) is 0 Å². The molecule has 0 saturated carbocycles. The summed E-state index contributed by atoms with van der Waals surface area (Å²) >= 11 is 2.31. The lowest BCUT2D eigenvalue weighted by Gasteiger charge is -2.09. The van der Waals surface area contributed by atoms with Crippen LogP contribution in [-0.4, -0.2) is 13.0 Å². The second-order valence-corrected chi connectivity index (χ2v) is 5.27. The van der Waals surface area contributed by atoms with Gasteiger partial charge < -0.3 is 10.6 Å². The van der Waals surface area contributed by atoms with Crippen LogP contribution in [0.3, 0.4) is 0 Å². The lowest BCUT2D eigenvalue weighted by Crippen LogP contribution is -2.17. The van der Waals surface area contributed by atoms with Gasteiger partial charge in [-0.2, -0.15) is 0 Å². The predicted molar refractivity (Wildman–Crippen MR) is 86.3 cm³/mol. The van der Waals surface area contributed by atoms with E-state index >= 15 is 0 Å². The van der Waals surface area contributed by atoms with E-state index in [0.717, 1.165) is 17.8 Å². The molecule has 0 aromatic heterocycles. The van der Waals surface area contributed by atoms with Crippen molar-refractivity contribution >= 4 is 34.2 Å².